The second-order valence-corrected chi connectivity index (χ2v) is 6.66. The minimum atomic E-state index is -0.679. The number of amides is 1. The van der Waals surface area contributed by atoms with E-state index in [9.17, 15) is 9.59 Å². The fourth-order valence-electron chi connectivity index (χ4n) is 2.68. The van der Waals surface area contributed by atoms with E-state index in [1.54, 1.807) is 26.1 Å². The number of ether oxygens (including phenoxy) is 1. The maximum Gasteiger partial charge on any atom is 0.343 e. The molecule has 0 spiro atoms. The molecule has 7 nitrogen and oxygen atoms in total. The predicted octanol–water partition coefficient (Wildman–Crippen LogP) is 3.30. The molecule has 0 saturated carbocycles. The molecular formula is C20H20ClN3O4. The van der Waals surface area contributed by atoms with E-state index < -0.39 is 12.6 Å². The number of aryl methyl sites for hydroxylation is 1. The second kappa shape index (κ2) is 8.75. The molecule has 8 heteroatoms. The summed E-state index contributed by atoms with van der Waals surface area (Å²) in [5.41, 5.74) is 1.61. The van der Waals surface area contributed by atoms with Gasteiger partial charge in [0.2, 0.25) is 0 Å². The Morgan fingerprint density at radius 1 is 1.21 bits per heavy atom. The van der Waals surface area contributed by atoms with Crippen molar-refractivity contribution < 1.29 is 18.7 Å². The quantitative estimate of drug-likeness (QED) is 0.567. The zero-order chi connectivity index (χ0) is 20.1. The van der Waals surface area contributed by atoms with Gasteiger partial charge >= 0.3 is 5.97 Å². The number of furan rings is 1. The van der Waals surface area contributed by atoms with Crippen LogP contribution in [0.15, 0.2) is 53.1 Å². The first kappa shape index (κ1) is 19.7. The molecule has 0 N–H and O–H groups in total. The summed E-state index contributed by atoms with van der Waals surface area (Å²) < 4.78 is 11.9. The number of hydrogen-bond donors (Lipinski definition) is 0. The maximum absolute atomic E-state index is 12.4. The molecule has 0 radical (unpaired) electrons. The van der Waals surface area contributed by atoms with E-state index in [1.165, 1.54) is 15.8 Å². The molecule has 0 fully saturated rings. The van der Waals surface area contributed by atoms with Crippen LogP contribution >= 0.6 is 11.6 Å². The van der Waals surface area contributed by atoms with Crippen molar-refractivity contribution in [3.63, 3.8) is 0 Å². The molecule has 3 aromatic rings. The Kier molecular flexibility index (Phi) is 6.16. The lowest BCUT2D eigenvalue weighted by Gasteiger charge is -2.15. The third kappa shape index (κ3) is 4.61. The highest BCUT2D eigenvalue weighted by Gasteiger charge is 2.23. The summed E-state index contributed by atoms with van der Waals surface area (Å²) in [5.74, 6) is -0.389. The van der Waals surface area contributed by atoms with Gasteiger partial charge in [-0.1, -0.05) is 41.9 Å². The Morgan fingerprint density at radius 3 is 2.64 bits per heavy atom. The summed E-state index contributed by atoms with van der Waals surface area (Å²) in [6, 6.07) is 13.1. The minimum absolute atomic E-state index is 0.166. The van der Waals surface area contributed by atoms with Gasteiger partial charge in [-0.3, -0.25) is 4.79 Å². The van der Waals surface area contributed by atoms with Crippen molar-refractivity contribution in [3.05, 3.63) is 76.5 Å². The highest BCUT2D eigenvalue weighted by Crippen LogP contribution is 2.22. The van der Waals surface area contributed by atoms with Crippen molar-refractivity contribution in [3.8, 4) is 0 Å². The molecule has 0 aliphatic carbocycles. The second-order valence-electron chi connectivity index (χ2n) is 6.30. The van der Waals surface area contributed by atoms with Crippen LogP contribution in [0.25, 0.3) is 0 Å². The first-order valence-electron chi connectivity index (χ1n) is 8.66. The van der Waals surface area contributed by atoms with Crippen LogP contribution in [-0.4, -0.2) is 40.2 Å². The van der Waals surface area contributed by atoms with Gasteiger partial charge in [-0.2, -0.15) is 5.10 Å². The molecule has 28 heavy (non-hydrogen) atoms. The lowest BCUT2D eigenvalue weighted by atomic mass is 10.2. The number of aromatic nitrogens is 2. The van der Waals surface area contributed by atoms with Crippen LogP contribution in [0.5, 0.6) is 0 Å². The normalized spacial score (nSPS) is 10.7. The average Bonchev–Trinajstić information content (AvgIpc) is 3.28. The van der Waals surface area contributed by atoms with Crippen LogP contribution in [0.2, 0.25) is 5.15 Å². The Labute approximate surface area is 167 Å². The fourth-order valence-corrected chi connectivity index (χ4v) is 2.99. The molecule has 1 amide bonds. The smallest absolute Gasteiger partial charge is 0.343 e. The molecule has 3 rings (SSSR count). The van der Waals surface area contributed by atoms with Gasteiger partial charge in [-0.05, 0) is 24.6 Å². The van der Waals surface area contributed by atoms with E-state index >= 15 is 0 Å². The SMILES string of the molecule is Cc1nn(Cc2ccccc2)c(Cl)c1C(=O)OCC(=O)N(C)Cc1ccco1. The largest absolute Gasteiger partial charge is 0.467 e. The molecule has 0 bridgehead atoms. The summed E-state index contributed by atoms with van der Waals surface area (Å²) in [5, 5.41) is 4.50. The van der Waals surface area contributed by atoms with Crippen molar-refractivity contribution >= 4 is 23.5 Å². The number of halogens is 1. The van der Waals surface area contributed by atoms with Crippen molar-refractivity contribution in [2.24, 2.45) is 0 Å². The summed E-state index contributed by atoms with van der Waals surface area (Å²) in [6.45, 7) is 2.00. The highest BCUT2D eigenvalue weighted by atomic mass is 35.5. The van der Waals surface area contributed by atoms with Crippen LogP contribution < -0.4 is 0 Å². The Hall–Kier alpha value is -3.06. The third-order valence-corrected chi connectivity index (χ3v) is 4.55. The van der Waals surface area contributed by atoms with E-state index in [0.717, 1.165) is 5.56 Å². The van der Waals surface area contributed by atoms with Crippen LogP contribution in [0, 0.1) is 6.92 Å². The summed E-state index contributed by atoms with van der Waals surface area (Å²) in [6.07, 6.45) is 1.53. The van der Waals surface area contributed by atoms with Crippen LogP contribution in [-0.2, 0) is 22.6 Å². The van der Waals surface area contributed by atoms with E-state index in [2.05, 4.69) is 5.10 Å². The van der Waals surface area contributed by atoms with Crippen LogP contribution in [0.3, 0.4) is 0 Å². The first-order chi connectivity index (χ1) is 13.5. The van der Waals surface area contributed by atoms with Crippen molar-refractivity contribution in [1.82, 2.24) is 14.7 Å². The summed E-state index contributed by atoms with van der Waals surface area (Å²) in [4.78, 5) is 26.0. The molecule has 0 unspecified atom stereocenters. The monoisotopic (exact) mass is 401 g/mol. The molecule has 0 aliphatic rings. The maximum atomic E-state index is 12.4. The number of carbonyl (C=O) groups is 2. The van der Waals surface area contributed by atoms with Gasteiger partial charge in [-0.25, -0.2) is 9.48 Å². The number of likely N-dealkylation sites (N-methyl/N-ethyl adjacent to an activating group) is 1. The van der Waals surface area contributed by atoms with Gasteiger partial charge in [0.15, 0.2) is 6.61 Å². The Balaban J connectivity index is 1.61. The van der Waals surface area contributed by atoms with Crippen molar-refractivity contribution in [1.29, 1.82) is 0 Å². The van der Waals surface area contributed by atoms with Gasteiger partial charge in [-0.15, -0.1) is 0 Å². The van der Waals surface area contributed by atoms with Crippen LogP contribution in [0.4, 0.5) is 0 Å². The standard InChI is InChI=1S/C20H20ClN3O4/c1-14-18(19(21)24(22-14)11-15-7-4-3-5-8-15)20(26)28-13-17(25)23(2)12-16-9-6-10-27-16/h3-10H,11-13H2,1-2H3. The van der Waals surface area contributed by atoms with Crippen molar-refractivity contribution in [2.75, 3.05) is 13.7 Å². The van der Waals surface area contributed by atoms with E-state index in [0.29, 0.717) is 18.0 Å². The van der Waals surface area contributed by atoms with E-state index in [4.69, 9.17) is 20.8 Å². The number of rotatable bonds is 7. The zero-order valence-electron chi connectivity index (χ0n) is 15.6. The van der Waals surface area contributed by atoms with Gasteiger partial charge in [0.25, 0.3) is 5.91 Å². The molecule has 146 valence electrons. The summed E-state index contributed by atoms with van der Waals surface area (Å²) in [7, 11) is 1.61. The fraction of sp³-hybridized carbons (Fsp3) is 0.250. The molecule has 2 heterocycles. The van der Waals surface area contributed by atoms with Crippen molar-refractivity contribution in [2.45, 2.75) is 20.0 Å². The third-order valence-electron chi connectivity index (χ3n) is 4.17. The number of benzene rings is 1. The molecule has 1 aromatic carbocycles. The van der Waals surface area contributed by atoms with E-state index in [1.807, 2.05) is 30.3 Å². The Bertz CT molecular complexity index is 952. The lowest BCUT2D eigenvalue weighted by Crippen LogP contribution is -2.30. The molecule has 0 atom stereocenters. The van der Waals surface area contributed by atoms with Gasteiger partial charge in [0.05, 0.1) is 25.0 Å². The predicted molar refractivity (Wildman–Crippen MR) is 103 cm³/mol. The Morgan fingerprint density at radius 2 is 1.96 bits per heavy atom. The number of carbonyl (C=O) groups excluding carboxylic acids is 2. The average molecular weight is 402 g/mol. The number of esters is 1. The lowest BCUT2D eigenvalue weighted by molar-refractivity contribution is -0.133. The topological polar surface area (TPSA) is 77.6 Å². The number of hydrogen-bond acceptors (Lipinski definition) is 5. The minimum Gasteiger partial charge on any atom is -0.467 e. The van der Waals surface area contributed by atoms with Crippen LogP contribution in [0.1, 0.15) is 27.4 Å². The molecule has 0 aliphatic heterocycles. The molecule has 2 aromatic heterocycles. The zero-order valence-corrected chi connectivity index (χ0v) is 16.3. The van der Waals surface area contributed by atoms with Gasteiger partial charge < -0.3 is 14.1 Å². The molecule has 0 saturated heterocycles. The van der Waals surface area contributed by atoms with Gasteiger partial charge in [0.1, 0.15) is 16.5 Å². The first-order valence-corrected chi connectivity index (χ1v) is 9.03. The highest BCUT2D eigenvalue weighted by molar-refractivity contribution is 6.32. The number of nitrogens with zero attached hydrogens (tertiary/aromatic N) is 3. The van der Waals surface area contributed by atoms with E-state index in [-0.39, 0.29) is 23.2 Å². The summed E-state index contributed by atoms with van der Waals surface area (Å²) >= 11 is 6.34. The van der Waals surface area contributed by atoms with Gasteiger partial charge in [0, 0.05) is 7.05 Å². The molecular weight excluding hydrogens is 382 g/mol.